The quantitative estimate of drug-likeness (QED) is 0.0994. The van der Waals surface area contributed by atoms with Gasteiger partial charge < -0.3 is 28.4 Å². The maximum Gasteiger partial charge on any atom is 0.165 e. The van der Waals surface area contributed by atoms with Crippen molar-refractivity contribution in [2.75, 3.05) is 26.4 Å². The van der Waals surface area contributed by atoms with Gasteiger partial charge in [-0.1, -0.05) is 106 Å². The molecule has 48 heavy (non-hydrogen) atoms. The van der Waals surface area contributed by atoms with Crippen LogP contribution >= 0.6 is 0 Å². The molecule has 0 radical (unpaired) electrons. The van der Waals surface area contributed by atoms with Gasteiger partial charge in [-0.05, 0) is 55.2 Å². The summed E-state index contributed by atoms with van der Waals surface area (Å²) in [5, 5.41) is 0. The third kappa shape index (κ3) is 10.7. The Morgan fingerprint density at radius 1 is 0.646 bits per heavy atom. The smallest absolute Gasteiger partial charge is 0.165 e. The fourth-order valence-electron chi connectivity index (χ4n) is 5.46. The van der Waals surface area contributed by atoms with E-state index in [1.165, 1.54) is 31.7 Å². The van der Waals surface area contributed by atoms with E-state index in [1.807, 2.05) is 92.7 Å². The summed E-state index contributed by atoms with van der Waals surface area (Å²) in [5.41, 5.74) is 3.37. The number of rotatable bonds is 18. The van der Waals surface area contributed by atoms with Gasteiger partial charge in [0.25, 0.3) is 0 Å². The summed E-state index contributed by atoms with van der Waals surface area (Å²) in [6.45, 7) is 8.60. The first kappa shape index (κ1) is 35.2. The number of halogens is 1. The molecular weight excluding hydrogens is 607 g/mol. The van der Waals surface area contributed by atoms with Crippen LogP contribution in [0.3, 0.4) is 0 Å². The van der Waals surface area contributed by atoms with Crippen LogP contribution in [0.25, 0.3) is 11.1 Å². The second kappa shape index (κ2) is 17.9. The Kier molecular flexibility index (Phi) is 13.1. The van der Waals surface area contributed by atoms with Crippen molar-refractivity contribution >= 4 is 0 Å². The Morgan fingerprint density at radius 2 is 1.25 bits per heavy atom. The van der Waals surface area contributed by atoms with E-state index in [1.54, 1.807) is 6.07 Å². The Morgan fingerprint density at radius 3 is 1.90 bits per heavy atom. The van der Waals surface area contributed by atoms with Crippen LogP contribution in [0.2, 0.25) is 0 Å². The molecule has 1 fully saturated rings. The molecule has 5 rings (SSSR count). The van der Waals surface area contributed by atoms with E-state index in [0.29, 0.717) is 68.0 Å². The molecule has 1 aliphatic heterocycles. The molecule has 256 valence electrons. The van der Waals surface area contributed by atoms with Gasteiger partial charge in [-0.3, -0.25) is 0 Å². The van der Waals surface area contributed by atoms with Gasteiger partial charge in [0.05, 0.1) is 26.4 Å². The lowest BCUT2D eigenvalue weighted by Crippen LogP contribution is -2.41. The molecule has 1 saturated heterocycles. The van der Waals surface area contributed by atoms with Crippen molar-refractivity contribution < 1.29 is 32.8 Å². The fourth-order valence-corrected chi connectivity index (χ4v) is 5.46. The lowest BCUT2D eigenvalue weighted by atomic mass is 10.0. The molecule has 0 saturated carbocycles. The van der Waals surface area contributed by atoms with Gasteiger partial charge in [-0.15, -0.1) is 0 Å². The standard InChI is InChI=1S/C41H49FO6/c1-4-5-6-7-8-15-22-43-37-21-20-34(23-36(37)42)35-24-39(45-27-32-18-13-10-14-19-32)40(46-28-33-29-47-41(2,3)48-30-33)25-38(35)44-26-31-16-11-9-12-17-31/h9-14,16-21,23-25,33H,4-8,15,22,26-30H2,1-3H3. The summed E-state index contributed by atoms with van der Waals surface area (Å²) in [5.74, 6) is 0.888. The maximum absolute atomic E-state index is 15.5. The van der Waals surface area contributed by atoms with Crippen molar-refractivity contribution in [1.29, 1.82) is 0 Å². The topological polar surface area (TPSA) is 55.4 Å². The maximum atomic E-state index is 15.5. The van der Waals surface area contributed by atoms with E-state index in [-0.39, 0.29) is 11.7 Å². The van der Waals surface area contributed by atoms with Gasteiger partial charge in [0.1, 0.15) is 19.0 Å². The molecule has 4 aromatic carbocycles. The zero-order valence-corrected chi connectivity index (χ0v) is 28.6. The minimum Gasteiger partial charge on any atom is -0.491 e. The van der Waals surface area contributed by atoms with Crippen molar-refractivity contribution in [3.05, 3.63) is 108 Å². The predicted octanol–water partition coefficient (Wildman–Crippen LogP) is 10.2. The van der Waals surface area contributed by atoms with Crippen LogP contribution in [0, 0.1) is 11.7 Å². The van der Waals surface area contributed by atoms with Gasteiger partial charge in [0.15, 0.2) is 28.9 Å². The normalized spacial score (nSPS) is 14.4. The van der Waals surface area contributed by atoms with Crippen molar-refractivity contribution in [2.24, 2.45) is 5.92 Å². The summed E-state index contributed by atoms with van der Waals surface area (Å²) in [6.07, 6.45) is 6.87. The van der Waals surface area contributed by atoms with E-state index in [4.69, 9.17) is 28.4 Å². The van der Waals surface area contributed by atoms with Crippen LogP contribution in [0.15, 0.2) is 91.0 Å². The summed E-state index contributed by atoms with van der Waals surface area (Å²) >= 11 is 0. The highest BCUT2D eigenvalue weighted by Crippen LogP contribution is 2.42. The minimum atomic E-state index is -0.606. The zero-order chi connectivity index (χ0) is 33.6. The van der Waals surface area contributed by atoms with Crippen molar-refractivity contribution in [1.82, 2.24) is 0 Å². The molecule has 0 aromatic heterocycles. The van der Waals surface area contributed by atoms with Crippen LogP contribution in [-0.4, -0.2) is 32.2 Å². The molecule has 6 nitrogen and oxygen atoms in total. The summed E-state index contributed by atoms with van der Waals surface area (Å²) in [6, 6.07) is 28.7. The Bertz CT molecular complexity index is 1530. The lowest BCUT2D eigenvalue weighted by molar-refractivity contribution is -0.264. The predicted molar refractivity (Wildman–Crippen MR) is 187 cm³/mol. The van der Waals surface area contributed by atoms with Crippen LogP contribution < -0.4 is 18.9 Å². The third-order valence-corrected chi connectivity index (χ3v) is 8.33. The lowest BCUT2D eigenvalue weighted by Gasteiger charge is -2.34. The summed E-state index contributed by atoms with van der Waals surface area (Å²) in [7, 11) is 0. The first-order chi connectivity index (χ1) is 23.4. The molecule has 0 N–H and O–H groups in total. The Labute approximate surface area is 285 Å². The average Bonchev–Trinajstić information content (AvgIpc) is 3.10. The van der Waals surface area contributed by atoms with E-state index in [2.05, 4.69) is 6.92 Å². The zero-order valence-electron chi connectivity index (χ0n) is 28.6. The highest BCUT2D eigenvalue weighted by Gasteiger charge is 2.29. The van der Waals surface area contributed by atoms with Crippen molar-refractivity contribution in [3.63, 3.8) is 0 Å². The van der Waals surface area contributed by atoms with Crippen molar-refractivity contribution in [3.8, 4) is 34.1 Å². The molecule has 0 atom stereocenters. The van der Waals surface area contributed by atoms with Crippen LogP contribution in [0.4, 0.5) is 4.39 Å². The number of hydrogen-bond donors (Lipinski definition) is 0. The van der Waals surface area contributed by atoms with Crippen LogP contribution in [0.1, 0.15) is 70.4 Å². The highest BCUT2D eigenvalue weighted by molar-refractivity contribution is 5.75. The summed E-state index contributed by atoms with van der Waals surface area (Å²) in [4.78, 5) is 0. The molecule has 0 amide bonds. The average molecular weight is 657 g/mol. The molecular formula is C41H49FO6. The first-order valence-electron chi connectivity index (χ1n) is 17.2. The van der Waals surface area contributed by atoms with Gasteiger partial charge in [-0.25, -0.2) is 4.39 Å². The molecule has 0 bridgehead atoms. The number of ether oxygens (including phenoxy) is 6. The van der Waals surface area contributed by atoms with Crippen LogP contribution in [0.5, 0.6) is 23.0 Å². The number of hydrogen-bond acceptors (Lipinski definition) is 6. The molecule has 1 aliphatic rings. The third-order valence-electron chi connectivity index (χ3n) is 8.33. The van der Waals surface area contributed by atoms with Crippen LogP contribution in [-0.2, 0) is 22.7 Å². The highest BCUT2D eigenvalue weighted by atomic mass is 19.1. The SMILES string of the molecule is CCCCCCCCOc1ccc(-c2cc(OCc3ccccc3)c(OCC3COC(C)(C)OC3)cc2OCc2ccccc2)cc1F. The molecule has 4 aromatic rings. The number of unbranched alkanes of at least 4 members (excludes halogenated alkanes) is 5. The Hall–Kier alpha value is -4.07. The molecule has 0 unspecified atom stereocenters. The van der Waals surface area contributed by atoms with Gasteiger partial charge in [0.2, 0.25) is 0 Å². The van der Waals surface area contributed by atoms with Crippen molar-refractivity contribution in [2.45, 2.75) is 78.3 Å². The monoisotopic (exact) mass is 656 g/mol. The van der Waals surface area contributed by atoms with E-state index < -0.39 is 11.6 Å². The molecule has 0 aliphatic carbocycles. The number of benzene rings is 4. The summed E-state index contributed by atoms with van der Waals surface area (Å²) < 4.78 is 52.2. The van der Waals surface area contributed by atoms with E-state index in [0.717, 1.165) is 24.0 Å². The Balaban J connectivity index is 1.40. The van der Waals surface area contributed by atoms with E-state index in [9.17, 15) is 0 Å². The minimum absolute atomic E-state index is 0.0475. The largest absolute Gasteiger partial charge is 0.491 e. The second-order valence-corrected chi connectivity index (χ2v) is 12.8. The van der Waals surface area contributed by atoms with Gasteiger partial charge in [-0.2, -0.15) is 0 Å². The fraction of sp³-hybridized carbons (Fsp3) is 0.415. The molecule has 0 spiro atoms. The second-order valence-electron chi connectivity index (χ2n) is 12.8. The molecule has 1 heterocycles. The van der Waals surface area contributed by atoms with Gasteiger partial charge in [0, 0.05) is 17.5 Å². The van der Waals surface area contributed by atoms with E-state index >= 15 is 4.39 Å². The van der Waals surface area contributed by atoms with Gasteiger partial charge >= 0.3 is 0 Å². The molecule has 7 heteroatoms. The first-order valence-corrected chi connectivity index (χ1v) is 17.2.